The van der Waals surface area contributed by atoms with Crippen LogP contribution in [0, 0.1) is 0 Å². The molecule has 0 radical (unpaired) electrons. The number of benzene rings is 6. The zero-order valence-corrected chi connectivity index (χ0v) is 21.0. The maximum atomic E-state index is 11.1. The van der Waals surface area contributed by atoms with Gasteiger partial charge in [-0.05, 0) is 66.7 Å². The van der Waals surface area contributed by atoms with Gasteiger partial charge in [0.05, 0.1) is 0 Å². The second-order valence-electron chi connectivity index (χ2n) is 8.36. The van der Waals surface area contributed by atoms with Gasteiger partial charge in [-0.2, -0.15) is 0 Å². The van der Waals surface area contributed by atoms with Gasteiger partial charge in [0.25, 0.3) is 0 Å². The van der Waals surface area contributed by atoms with E-state index >= 15 is 0 Å². The van der Waals surface area contributed by atoms with E-state index < -0.39 is 0 Å². The molecule has 162 valence electrons. The Kier molecular flexibility index (Phi) is 5.09. The lowest BCUT2D eigenvalue weighted by Gasteiger charge is -2.18. The highest BCUT2D eigenvalue weighted by atomic mass is 79.9. The number of rotatable bonds is 4. The van der Waals surface area contributed by atoms with Crippen molar-refractivity contribution in [1.82, 2.24) is 0 Å². The minimum absolute atomic E-state index is 0.662. The average Bonchev–Trinajstić information content (AvgIpc) is 2.89. The number of hydrogen-bond donors (Lipinski definition) is 0. The molecule has 0 bridgehead atoms. The number of carbonyl (C=O) groups excluding carboxylic acids is 2. The Labute approximate surface area is 212 Å². The Morgan fingerprint density at radius 2 is 0.824 bits per heavy atom. The first-order chi connectivity index (χ1) is 16.6. The summed E-state index contributed by atoms with van der Waals surface area (Å²) >= 11 is 7.63. The van der Waals surface area contributed by atoms with Crippen molar-refractivity contribution in [3.63, 3.8) is 0 Å². The first-order valence-electron chi connectivity index (χ1n) is 10.8. The van der Waals surface area contributed by atoms with E-state index in [-0.39, 0.29) is 0 Å². The van der Waals surface area contributed by atoms with Gasteiger partial charge in [-0.1, -0.05) is 105 Å². The van der Waals surface area contributed by atoms with Crippen LogP contribution in [0.4, 0.5) is 0 Å². The molecular formula is C30H16Br2O2. The summed E-state index contributed by atoms with van der Waals surface area (Å²) in [6.07, 6.45) is 1.73. The first kappa shape index (κ1) is 21.2. The van der Waals surface area contributed by atoms with Gasteiger partial charge in [0.15, 0.2) is 0 Å². The molecule has 6 aromatic carbocycles. The number of hydrogen-bond acceptors (Lipinski definition) is 2. The fourth-order valence-corrected chi connectivity index (χ4v) is 5.99. The SMILES string of the molecule is O=Cc1ccc(-c2cc(Br)c3ccc4c(-c5ccc(C=O)cc5)cc(Br)c5ccc2c3c54)cc1. The highest BCUT2D eigenvalue weighted by molar-refractivity contribution is 9.11. The van der Waals surface area contributed by atoms with Crippen LogP contribution < -0.4 is 0 Å². The van der Waals surface area contributed by atoms with E-state index in [9.17, 15) is 9.59 Å². The minimum Gasteiger partial charge on any atom is -0.298 e. The van der Waals surface area contributed by atoms with Gasteiger partial charge in [-0.15, -0.1) is 0 Å². The Morgan fingerprint density at radius 1 is 0.471 bits per heavy atom. The van der Waals surface area contributed by atoms with Crippen molar-refractivity contribution in [1.29, 1.82) is 0 Å². The Bertz CT molecular complexity index is 1600. The fourth-order valence-electron chi connectivity index (χ4n) is 4.87. The van der Waals surface area contributed by atoms with Crippen molar-refractivity contribution in [2.75, 3.05) is 0 Å². The maximum absolute atomic E-state index is 11.1. The van der Waals surface area contributed by atoms with Crippen molar-refractivity contribution < 1.29 is 9.59 Å². The summed E-state index contributed by atoms with van der Waals surface area (Å²) in [5.74, 6) is 0. The van der Waals surface area contributed by atoms with Gasteiger partial charge < -0.3 is 0 Å². The van der Waals surface area contributed by atoms with Crippen molar-refractivity contribution in [2.45, 2.75) is 0 Å². The smallest absolute Gasteiger partial charge is 0.150 e. The molecule has 0 unspecified atom stereocenters. The Balaban J connectivity index is 1.72. The second-order valence-corrected chi connectivity index (χ2v) is 10.1. The molecule has 6 rings (SSSR count). The van der Waals surface area contributed by atoms with Crippen LogP contribution in [-0.2, 0) is 0 Å². The summed E-state index contributed by atoms with van der Waals surface area (Å²) in [4.78, 5) is 22.3. The average molecular weight is 568 g/mol. The summed E-state index contributed by atoms with van der Waals surface area (Å²) < 4.78 is 2.06. The van der Waals surface area contributed by atoms with Crippen LogP contribution >= 0.6 is 31.9 Å². The molecule has 0 N–H and O–H groups in total. The van der Waals surface area contributed by atoms with Crippen LogP contribution in [0.3, 0.4) is 0 Å². The van der Waals surface area contributed by atoms with Gasteiger partial charge in [-0.25, -0.2) is 0 Å². The summed E-state index contributed by atoms with van der Waals surface area (Å²) in [6, 6.07) is 28.4. The lowest BCUT2D eigenvalue weighted by Crippen LogP contribution is -1.92. The second kappa shape index (κ2) is 8.15. The van der Waals surface area contributed by atoms with Crippen molar-refractivity contribution in [2.24, 2.45) is 0 Å². The van der Waals surface area contributed by atoms with E-state index in [2.05, 4.69) is 68.3 Å². The lowest BCUT2D eigenvalue weighted by atomic mass is 9.87. The predicted molar refractivity (Wildman–Crippen MR) is 147 cm³/mol. The monoisotopic (exact) mass is 566 g/mol. The number of halogens is 2. The number of aldehydes is 2. The molecule has 34 heavy (non-hydrogen) atoms. The highest BCUT2D eigenvalue weighted by Gasteiger charge is 2.18. The van der Waals surface area contributed by atoms with Crippen LogP contribution in [0.5, 0.6) is 0 Å². The molecule has 0 aliphatic carbocycles. The van der Waals surface area contributed by atoms with E-state index in [1.165, 1.54) is 10.8 Å². The van der Waals surface area contributed by atoms with Crippen LogP contribution in [0.2, 0.25) is 0 Å². The third kappa shape index (κ3) is 3.21. The minimum atomic E-state index is 0.662. The third-order valence-electron chi connectivity index (χ3n) is 6.51. The van der Waals surface area contributed by atoms with E-state index in [1.807, 2.05) is 48.5 Å². The van der Waals surface area contributed by atoms with Gasteiger partial charge in [0.1, 0.15) is 12.6 Å². The molecule has 0 spiro atoms. The third-order valence-corrected chi connectivity index (χ3v) is 7.83. The Morgan fingerprint density at radius 3 is 1.18 bits per heavy atom. The molecule has 0 aliphatic rings. The summed E-state index contributed by atoms with van der Waals surface area (Å²) in [5.41, 5.74) is 5.68. The molecular weight excluding hydrogens is 552 g/mol. The van der Waals surface area contributed by atoms with Gasteiger partial charge in [0, 0.05) is 20.1 Å². The molecule has 0 aliphatic heterocycles. The summed E-state index contributed by atoms with van der Waals surface area (Å²) in [5, 5.41) is 7.03. The molecule has 4 heteroatoms. The quantitative estimate of drug-likeness (QED) is 0.157. The molecule has 0 atom stereocenters. The molecule has 2 nitrogen and oxygen atoms in total. The van der Waals surface area contributed by atoms with Crippen molar-refractivity contribution in [3.8, 4) is 22.3 Å². The molecule has 0 fully saturated rings. The van der Waals surface area contributed by atoms with Gasteiger partial charge in [-0.3, -0.25) is 9.59 Å². The van der Waals surface area contributed by atoms with Crippen LogP contribution in [0.1, 0.15) is 20.7 Å². The predicted octanol–water partition coefficient (Wildman–Crippen LogP) is 9.07. The lowest BCUT2D eigenvalue weighted by molar-refractivity contribution is 0.111. The molecule has 0 saturated heterocycles. The van der Waals surface area contributed by atoms with E-state index in [1.54, 1.807) is 0 Å². The highest BCUT2D eigenvalue weighted by Crippen LogP contribution is 2.46. The summed E-state index contributed by atoms with van der Waals surface area (Å²) in [7, 11) is 0. The molecule has 0 aromatic heterocycles. The molecule has 0 heterocycles. The topological polar surface area (TPSA) is 34.1 Å². The summed E-state index contributed by atoms with van der Waals surface area (Å²) in [6.45, 7) is 0. The molecule has 0 saturated carbocycles. The van der Waals surface area contributed by atoms with Crippen molar-refractivity contribution >= 4 is 76.7 Å². The van der Waals surface area contributed by atoms with E-state index in [0.717, 1.165) is 65.3 Å². The van der Waals surface area contributed by atoms with Gasteiger partial charge in [0.2, 0.25) is 0 Å². The number of carbonyl (C=O) groups is 2. The normalized spacial score (nSPS) is 11.5. The van der Waals surface area contributed by atoms with Gasteiger partial charge >= 0.3 is 0 Å². The molecule has 0 amide bonds. The molecule has 6 aromatic rings. The van der Waals surface area contributed by atoms with E-state index in [4.69, 9.17) is 0 Å². The van der Waals surface area contributed by atoms with Crippen LogP contribution in [0.15, 0.2) is 93.9 Å². The zero-order chi connectivity index (χ0) is 23.4. The zero-order valence-electron chi connectivity index (χ0n) is 17.8. The first-order valence-corrected chi connectivity index (χ1v) is 12.4. The van der Waals surface area contributed by atoms with Crippen LogP contribution in [0.25, 0.3) is 54.6 Å². The fraction of sp³-hybridized carbons (Fsp3) is 0. The maximum Gasteiger partial charge on any atom is 0.150 e. The van der Waals surface area contributed by atoms with E-state index in [0.29, 0.717) is 11.1 Å². The largest absolute Gasteiger partial charge is 0.298 e. The van der Waals surface area contributed by atoms with Crippen LogP contribution in [-0.4, -0.2) is 12.6 Å². The standard InChI is InChI=1S/C30H16Br2O2/c31-27-13-25(19-5-1-17(15-33)2-6-19)21-9-11-24-28(32)14-26(20-7-3-18(16-34)4-8-20)22-10-12-23(27)29(21)30(22)24/h1-16H. The van der Waals surface area contributed by atoms with Crippen molar-refractivity contribution in [3.05, 3.63) is 105 Å². The Hall–Kier alpha value is -3.34.